The van der Waals surface area contributed by atoms with Crippen LogP contribution in [0, 0.1) is 35.5 Å². The SMILES string of the molecule is C=C(CO)C(=O)OCC(COC(=O)C(C)CO)C1CCC(c2ccc(C3CCC(C4CCC(CCC)CC4)CC3)cc2)CC1. The summed E-state index contributed by atoms with van der Waals surface area (Å²) in [6.45, 7) is 7.05. The van der Waals surface area contributed by atoms with Gasteiger partial charge in [0.2, 0.25) is 0 Å². The first-order valence-electron chi connectivity index (χ1n) is 17.7. The number of hydrogen-bond acceptors (Lipinski definition) is 6. The van der Waals surface area contributed by atoms with Crippen molar-refractivity contribution in [1.82, 2.24) is 0 Å². The number of aliphatic hydroxyl groups excluding tert-OH is 2. The first kappa shape index (κ1) is 34.7. The van der Waals surface area contributed by atoms with Gasteiger partial charge in [0.05, 0.1) is 37.9 Å². The Kier molecular flexibility index (Phi) is 13.8. The Hall–Kier alpha value is -2.18. The summed E-state index contributed by atoms with van der Waals surface area (Å²) in [5.74, 6) is 2.61. The first-order chi connectivity index (χ1) is 21.3. The molecule has 3 fully saturated rings. The molecular formula is C38H58O6. The van der Waals surface area contributed by atoms with E-state index in [1.807, 2.05) is 0 Å². The molecule has 44 heavy (non-hydrogen) atoms. The molecule has 246 valence electrons. The van der Waals surface area contributed by atoms with Crippen molar-refractivity contribution in [2.75, 3.05) is 26.4 Å². The molecule has 2 atom stereocenters. The summed E-state index contributed by atoms with van der Waals surface area (Å²) in [5.41, 5.74) is 2.94. The van der Waals surface area contributed by atoms with Gasteiger partial charge in [0.25, 0.3) is 0 Å². The molecular weight excluding hydrogens is 552 g/mol. The van der Waals surface area contributed by atoms with Crippen molar-refractivity contribution >= 4 is 11.9 Å². The first-order valence-corrected chi connectivity index (χ1v) is 17.7. The molecule has 2 N–H and O–H groups in total. The van der Waals surface area contributed by atoms with Gasteiger partial charge in [-0.15, -0.1) is 0 Å². The van der Waals surface area contributed by atoms with E-state index >= 15 is 0 Å². The lowest BCUT2D eigenvalue weighted by Gasteiger charge is -2.38. The van der Waals surface area contributed by atoms with E-state index in [-0.39, 0.29) is 37.2 Å². The summed E-state index contributed by atoms with van der Waals surface area (Å²) in [6.07, 6.45) is 18.1. The van der Waals surface area contributed by atoms with Crippen LogP contribution < -0.4 is 0 Å². The van der Waals surface area contributed by atoms with Gasteiger partial charge in [-0.3, -0.25) is 4.79 Å². The highest BCUT2D eigenvalue weighted by Gasteiger charge is 2.33. The number of benzene rings is 1. The van der Waals surface area contributed by atoms with Crippen LogP contribution in [0.2, 0.25) is 0 Å². The van der Waals surface area contributed by atoms with E-state index in [0.717, 1.165) is 43.4 Å². The number of carbonyl (C=O) groups is 2. The fraction of sp³-hybridized carbons (Fsp3) is 0.737. The van der Waals surface area contributed by atoms with Crippen LogP contribution in [-0.2, 0) is 19.1 Å². The lowest BCUT2D eigenvalue weighted by molar-refractivity contribution is -0.153. The molecule has 6 heteroatoms. The second-order valence-corrected chi connectivity index (χ2v) is 14.3. The quantitative estimate of drug-likeness (QED) is 0.166. The Morgan fingerprint density at radius 1 is 0.795 bits per heavy atom. The van der Waals surface area contributed by atoms with Gasteiger partial charge in [-0.2, -0.15) is 0 Å². The van der Waals surface area contributed by atoms with E-state index in [1.54, 1.807) is 6.92 Å². The van der Waals surface area contributed by atoms with Gasteiger partial charge in [-0.05, 0) is 118 Å². The third-order valence-corrected chi connectivity index (χ3v) is 11.4. The second kappa shape index (κ2) is 17.5. The summed E-state index contributed by atoms with van der Waals surface area (Å²) in [7, 11) is 0. The molecule has 6 nitrogen and oxygen atoms in total. The minimum absolute atomic E-state index is 0.0135. The Morgan fingerprint density at radius 3 is 1.80 bits per heavy atom. The highest BCUT2D eigenvalue weighted by Crippen LogP contribution is 2.45. The zero-order valence-electron chi connectivity index (χ0n) is 27.4. The molecule has 0 aliphatic heterocycles. The third-order valence-electron chi connectivity index (χ3n) is 11.4. The molecule has 0 bridgehead atoms. The van der Waals surface area contributed by atoms with E-state index in [1.165, 1.54) is 75.3 Å². The van der Waals surface area contributed by atoms with Crippen LogP contribution in [0.3, 0.4) is 0 Å². The average Bonchev–Trinajstić information content (AvgIpc) is 3.08. The van der Waals surface area contributed by atoms with Gasteiger partial charge in [0.15, 0.2) is 0 Å². The lowest BCUT2D eigenvalue weighted by Crippen LogP contribution is -2.32. The Morgan fingerprint density at radius 2 is 1.30 bits per heavy atom. The zero-order valence-corrected chi connectivity index (χ0v) is 27.4. The Labute approximate surface area is 266 Å². The van der Waals surface area contributed by atoms with E-state index in [2.05, 4.69) is 37.8 Å². The van der Waals surface area contributed by atoms with Gasteiger partial charge in [0, 0.05) is 5.92 Å². The maximum Gasteiger partial charge on any atom is 0.335 e. The predicted octanol–water partition coefficient (Wildman–Crippen LogP) is 7.72. The molecule has 0 aromatic heterocycles. The minimum Gasteiger partial charge on any atom is -0.465 e. The van der Waals surface area contributed by atoms with Gasteiger partial charge >= 0.3 is 11.9 Å². The number of ether oxygens (including phenoxy) is 2. The summed E-state index contributed by atoms with van der Waals surface area (Å²) < 4.78 is 10.9. The average molecular weight is 611 g/mol. The number of hydrogen-bond donors (Lipinski definition) is 2. The zero-order chi connectivity index (χ0) is 31.5. The summed E-state index contributed by atoms with van der Waals surface area (Å²) >= 11 is 0. The molecule has 0 radical (unpaired) electrons. The lowest BCUT2D eigenvalue weighted by atomic mass is 9.68. The molecule has 0 saturated heterocycles. The van der Waals surface area contributed by atoms with Crippen LogP contribution in [0.5, 0.6) is 0 Å². The minimum atomic E-state index is -0.621. The largest absolute Gasteiger partial charge is 0.465 e. The predicted molar refractivity (Wildman–Crippen MR) is 174 cm³/mol. The number of esters is 2. The molecule has 1 aromatic carbocycles. The molecule has 3 aliphatic rings. The van der Waals surface area contributed by atoms with Crippen molar-refractivity contribution in [3.8, 4) is 0 Å². The van der Waals surface area contributed by atoms with E-state index < -0.39 is 24.5 Å². The van der Waals surface area contributed by atoms with Crippen molar-refractivity contribution in [3.05, 3.63) is 47.5 Å². The van der Waals surface area contributed by atoms with E-state index in [0.29, 0.717) is 11.8 Å². The fourth-order valence-electron chi connectivity index (χ4n) is 8.32. The number of aliphatic hydroxyl groups is 2. The van der Waals surface area contributed by atoms with Crippen molar-refractivity contribution in [1.29, 1.82) is 0 Å². The molecule has 0 heterocycles. The van der Waals surface area contributed by atoms with Gasteiger partial charge in [-0.1, -0.05) is 63.5 Å². The number of carbonyl (C=O) groups excluding carboxylic acids is 2. The normalized spacial score (nSPS) is 28.9. The Balaban J connectivity index is 1.25. The van der Waals surface area contributed by atoms with Gasteiger partial charge < -0.3 is 19.7 Å². The molecule has 2 unspecified atom stereocenters. The topological polar surface area (TPSA) is 93.1 Å². The Bertz CT molecular complexity index is 1030. The molecule has 0 spiro atoms. The van der Waals surface area contributed by atoms with Crippen LogP contribution in [0.15, 0.2) is 36.4 Å². The third kappa shape index (κ3) is 9.66. The molecule has 3 saturated carbocycles. The smallest absolute Gasteiger partial charge is 0.335 e. The van der Waals surface area contributed by atoms with Crippen molar-refractivity contribution < 1.29 is 29.3 Å². The number of rotatable bonds is 14. The van der Waals surface area contributed by atoms with Crippen LogP contribution in [0.25, 0.3) is 0 Å². The van der Waals surface area contributed by atoms with Crippen LogP contribution in [0.1, 0.15) is 127 Å². The van der Waals surface area contributed by atoms with Crippen molar-refractivity contribution in [2.45, 2.75) is 116 Å². The highest BCUT2D eigenvalue weighted by molar-refractivity contribution is 5.87. The fourth-order valence-corrected chi connectivity index (χ4v) is 8.32. The van der Waals surface area contributed by atoms with E-state index in [4.69, 9.17) is 9.47 Å². The monoisotopic (exact) mass is 610 g/mol. The van der Waals surface area contributed by atoms with Crippen LogP contribution in [-0.4, -0.2) is 48.6 Å². The molecule has 4 rings (SSSR count). The van der Waals surface area contributed by atoms with Crippen molar-refractivity contribution in [3.63, 3.8) is 0 Å². The molecule has 1 aromatic rings. The molecule has 3 aliphatic carbocycles. The highest BCUT2D eigenvalue weighted by atomic mass is 16.5. The van der Waals surface area contributed by atoms with Gasteiger partial charge in [0.1, 0.15) is 0 Å². The van der Waals surface area contributed by atoms with Crippen molar-refractivity contribution in [2.24, 2.45) is 35.5 Å². The summed E-state index contributed by atoms with van der Waals surface area (Å²) in [5, 5.41) is 18.5. The van der Waals surface area contributed by atoms with Crippen LogP contribution in [0.4, 0.5) is 0 Å². The summed E-state index contributed by atoms with van der Waals surface area (Å²) in [6, 6.07) is 9.50. The van der Waals surface area contributed by atoms with Crippen LogP contribution >= 0.6 is 0 Å². The standard InChI is InChI=1S/C38H58O6/c1-4-5-28-6-8-29(9-7-28)30-10-12-31(13-11-30)32-14-16-33(17-15-32)34-18-20-35(21-19-34)36(24-43-37(41)26(2)22-39)25-44-38(42)27(3)23-40/h14-17,27-31,34-36,39-40H,2,4-13,18-25H2,1,3H3. The maximum atomic E-state index is 12.2. The van der Waals surface area contributed by atoms with E-state index in [9.17, 15) is 19.8 Å². The molecule has 0 amide bonds. The van der Waals surface area contributed by atoms with Gasteiger partial charge in [-0.25, -0.2) is 4.79 Å². The second-order valence-electron chi connectivity index (χ2n) is 14.3. The summed E-state index contributed by atoms with van der Waals surface area (Å²) in [4.78, 5) is 24.3. The maximum absolute atomic E-state index is 12.2.